The van der Waals surface area contributed by atoms with Gasteiger partial charge in [-0.2, -0.15) is 30.3 Å². The Morgan fingerprint density at radius 2 is 1.78 bits per heavy atom. The Morgan fingerprint density at radius 1 is 1.11 bits per heavy atom. The molecule has 0 aromatic heterocycles. The molecule has 0 saturated heterocycles. The molecule has 0 radical (unpaired) electrons. The molecule has 0 fully saturated rings. The quantitative estimate of drug-likeness (QED) is 0.510. The zero-order valence-electron chi connectivity index (χ0n) is 9.50. The number of ether oxygens (including phenoxy) is 1. The average molecular weight is 397 g/mol. The van der Waals surface area contributed by atoms with Gasteiger partial charge < -0.3 is 4.74 Å². The number of hydrogen-bond donors (Lipinski definition) is 0. The van der Waals surface area contributed by atoms with E-state index in [4.69, 9.17) is 27.9 Å². The van der Waals surface area contributed by atoms with Crippen molar-refractivity contribution in [1.82, 2.24) is 0 Å². The van der Waals surface area contributed by atoms with Crippen LogP contribution in [0.5, 0.6) is 5.75 Å². The van der Waals surface area contributed by atoms with E-state index in [2.05, 4.69) is 19.7 Å². The standard InChI is InChI=1S/C13H9Cl2O.BrH.Zn/c14-11-7-4-8-12(13(11)15)16-9-10-5-2-1-3-6-10;;/h2-8H,9H2;1H;/q-1;;+2/p-1. The normalized spacial score (nSPS) is 9.39. The molecule has 0 N–H and O–H groups in total. The molecule has 0 aliphatic carbocycles. The van der Waals surface area contributed by atoms with Gasteiger partial charge in [-0.3, -0.25) is 0 Å². The van der Waals surface area contributed by atoms with Crippen molar-refractivity contribution in [1.29, 1.82) is 0 Å². The molecule has 1 nitrogen and oxygen atoms in total. The summed E-state index contributed by atoms with van der Waals surface area (Å²) in [5.41, 5.74) is 1.06. The molecular formula is C13H9BrCl2OZn. The van der Waals surface area contributed by atoms with Crippen LogP contribution in [0.15, 0.2) is 42.5 Å². The van der Waals surface area contributed by atoms with Crippen LogP contribution >= 0.6 is 36.8 Å². The van der Waals surface area contributed by atoms with Gasteiger partial charge in [0.25, 0.3) is 0 Å². The molecule has 90 valence electrons. The zero-order chi connectivity index (χ0) is 13.4. The minimum atomic E-state index is 0.451. The fourth-order valence-electron chi connectivity index (χ4n) is 1.27. The van der Waals surface area contributed by atoms with Crippen LogP contribution in [0, 0.1) is 6.07 Å². The average Bonchev–Trinajstić information content (AvgIpc) is 2.44. The summed E-state index contributed by atoms with van der Waals surface area (Å²) in [5, 5.41) is 0.951. The molecule has 5 heteroatoms. The van der Waals surface area contributed by atoms with Gasteiger partial charge in [0.15, 0.2) is 0 Å². The molecule has 0 heterocycles. The summed E-state index contributed by atoms with van der Waals surface area (Å²) in [6.45, 7) is 0.467. The maximum absolute atomic E-state index is 6.00. The number of benzene rings is 2. The first-order valence-corrected chi connectivity index (χ1v) is 12.8. The van der Waals surface area contributed by atoms with Crippen molar-refractivity contribution in [2.45, 2.75) is 6.61 Å². The third-order valence-electron chi connectivity index (χ3n) is 2.10. The summed E-state index contributed by atoms with van der Waals surface area (Å²) in [6.07, 6.45) is 0. The summed E-state index contributed by atoms with van der Waals surface area (Å²) < 4.78 is 5.57. The molecule has 0 aliphatic rings. The van der Waals surface area contributed by atoms with E-state index in [0.717, 1.165) is 5.56 Å². The molecule has 2 rings (SSSR count). The second-order valence-electron chi connectivity index (χ2n) is 3.25. The van der Waals surface area contributed by atoms with E-state index in [0.29, 0.717) is 22.4 Å². The summed E-state index contributed by atoms with van der Waals surface area (Å²) >= 11 is 16.1. The Labute approximate surface area is 133 Å². The number of halogens is 3. The van der Waals surface area contributed by atoms with Gasteiger partial charge >= 0.3 is 30.0 Å². The van der Waals surface area contributed by atoms with Crippen LogP contribution in [0.1, 0.15) is 5.56 Å². The van der Waals surface area contributed by atoms with Crippen molar-refractivity contribution in [2.24, 2.45) is 0 Å². The number of hydrogen-bond acceptors (Lipinski definition) is 1. The van der Waals surface area contributed by atoms with Gasteiger partial charge in [0.2, 0.25) is 0 Å². The van der Waals surface area contributed by atoms with Crippen LogP contribution in [0.2, 0.25) is 10.0 Å². The monoisotopic (exact) mass is 394 g/mol. The molecule has 18 heavy (non-hydrogen) atoms. The predicted molar refractivity (Wildman–Crippen MR) is 75.0 cm³/mol. The molecule has 0 saturated carbocycles. The van der Waals surface area contributed by atoms with Crippen LogP contribution in [0.4, 0.5) is 0 Å². The van der Waals surface area contributed by atoms with E-state index in [1.807, 2.05) is 30.3 Å². The Balaban J connectivity index is 0.000000771. The van der Waals surface area contributed by atoms with Gasteiger partial charge in [-0.05, 0) is 12.1 Å². The van der Waals surface area contributed by atoms with E-state index in [-0.39, 0.29) is 0 Å². The van der Waals surface area contributed by atoms with Crippen LogP contribution < -0.4 is 4.74 Å². The van der Waals surface area contributed by atoms with Crippen molar-refractivity contribution in [3.63, 3.8) is 0 Å². The summed E-state index contributed by atoms with van der Waals surface area (Å²) in [4.78, 5) is 0. The van der Waals surface area contributed by atoms with Gasteiger partial charge in [0.05, 0.1) is 11.6 Å². The molecule has 2 aromatic rings. The molecule has 0 unspecified atom stereocenters. The first kappa shape index (κ1) is 16.0. The van der Waals surface area contributed by atoms with Gasteiger partial charge in [0.1, 0.15) is 10.8 Å². The Kier molecular flexibility index (Phi) is 7.93. The van der Waals surface area contributed by atoms with E-state index in [9.17, 15) is 0 Å². The van der Waals surface area contributed by atoms with Crippen LogP contribution in [0.25, 0.3) is 0 Å². The molecule has 0 atom stereocenters. The fraction of sp³-hybridized carbons (Fsp3) is 0.0769. The van der Waals surface area contributed by atoms with E-state index in [1.54, 1.807) is 12.1 Å². The summed E-state index contributed by atoms with van der Waals surface area (Å²) in [6, 6.07) is 15.9. The van der Waals surface area contributed by atoms with Gasteiger partial charge in [-0.25, -0.2) is 0 Å². The predicted octanol–water partition coefficient (Wildman–Crippen LogP) is 5.22. The third kappa shape index (κ3) is 4.89. The summed E-state index contributed by atoms with van der Waals surface area (Å²) in [5.74, 6) is 0.599. The second-order valence-corrected chi connectivity index (χ2v) is 4.03. The third-order valence-corrected chi connectivity index (χ3v) is 2.90. The van der Waals surface area contributed by atoms with Crippen LogP contribution in [-0.4, -0.2) is 0 Å². The first-order chi connectivity index (χ1) is 8.77. The minimum absolute atomic E-state index is 0.451. The van der Waals surface area contributed by atoms with Gasteiger partial charge in [0, 0.05) is 0 Å². The first-order valence-electron chi connectivity index (χ1n) is 5.06. The van der Waals surface area contributed by atoms with E-state index in [1.165, 1.54) is 16.3 Å². The number of rotatable bonds is 3. The van der Waals surface area contributed by atoms with E-state index < -0.39 is 0 Å². The van der Waals surface area contributed by atoms with Crippen molar-refractivity contribution >= 4 is 36.8 Å². The van der Waals surface area contributed by atoms with Crippen LogP contribution in [-0.2, 0) is 22.9 Å². The SMILES string of the molecule is Clc1cccc(OCc2cc[c-]cc2)c1Cl.[Zn+][Br]. The van der Waals surface area contributed by atoms with E-state index >= 15 is 0 Å². The Hall–Kier alpha value is -0.0766. The Morgan fingerprint density at radius 3 is 2.44 bits per heavy atom. The van der Waals surface area contributed by atoms with Crippen LogP contribution in [0.3, 0.4) is 0 Å². The Bertz CT molecular complexity index is 480. The van der Waals surface area contributed by atoms with Crippen molar-refractivity contribution in [2.75, 3.05) is 0 Å². The van der Waals surface area contributed by atoms with Crippen molar-refractivity contribution in [3.05, 3.63) is 64.1 Å². The summed E-state index contributed by atoms with van der Waals surface area (Å²) in [7, 11) is 0. The molecule has 0 amide bonds. The molecule has 0 spiro atoms. The zero-order valence-corrected chi connectivity index (χ0v) is 15.6. The topological polar surface area (TPSA) is 9.23 Å². The van der Waals surface area contributed by atoms with Crippen molar-refractivity contribution < 1.29 is 21.1 Å². The van der Waals surface area contributed by atoms with Gasteiger partial charge in [-0.1, -0.05) is 29.3 Å². The molecular weight excluding hydrogens is 388 g/mol. The maximum atomic E-state index is 6.00. The fourth-order valence-corrected chi connectivity index (χ4v) is 1.62. The molecule has 0 aliphatic heterocycles. The van der Waals surface area contributed by atoms with Crippen molar-refractivity contribution in [3.8, 4) is 5.75 Å². The molecule has 2 aromatic carbocycles. The van der Waals surface area contributed by atoms with Gasteiger partial charge in [-0.15, -0.1) is 5.56 Å². The molecule has 0 bridgehead atoms. The second kappa shape index (κ2) is 8.93.